The van der Waals surface area contributed by atoms with Gasteiger partial charge in [0.2, 0.25) is 5.78 Å². The smallest absolute Gasteiger partial charge is 0.268 e. The third-order valence-corrected chi connectivity index (χ3v) is 4.01. The number of nitrogens with one attached hydrogen (secondary N) is 1. The van der Waals surface area contributed by atoms with Crippen molar-refractivity contribution in [1.29, 1.82) is 0 Å². The zero-order chi connectivity index (χ0) is 18.1. The normalized spacial score (nSPS) is 10.8. The monoisotopic (exact) mass is 458 g/mol. The third kappa shape index (κ3) is 3.53. The van der Waals surface area contributed by atoms with Crippen molar-refractivity contribution in [2.75, 3.05) is 5.32 Å². The van der Waals surface area contributed by atoms with E-state index in [1.165, 1.54) is 18.4 Å². The Labute approximate surface area is 154 Å². The Morgan fingerprint density at radius 1 is 1.16 bits per heavy atom. The SMILES string of the molecule is Cc1coc(C(=O)c2ccc(F)c(F)c2Nc2ccc(I)cc2F)n1. The van der Waals surface area contributed by atoms with Gasteiger partial charge in [-0.05, 0) is 59.8 Å². The first-order chi connectivity index (χ1) is 11.9. The molecule has 1 heterocycles. The van der Waals surface area contributed by atoms with E-state index in [0.29, 0.717) is 9.26 Å². The molecule has 0 unspecified atom stereocenters. The molecule has 0 atom stereocenters. The van der Waals surface area contributed by atoms with E-state index >= 15 is 0 Å². The van der Waals surface area contributed by atoms with Crippen LogP contribution in [-0.2, 0) is 0 Å². The molecule has 0 spiro atoms. The Balaban J connectivity index is 2.08. The number of benzene rings is 2. The van der Waals surface area contributed by atoms with E-state index in [9.17, 15) is 18.0 Å². The van der Waals surface area contributed by atoms with Crippen LogP contribution < -0.4 is 5.32 Å². The number of carbonyl (C=O) groups is 1. The maximum atomic E-state index is 14.3. The molecule has 3 rings (SSSR count). The number of halogens is 4. The highest BCUT2D eigenvalue weighted by molar-refractivity contribution is 14.1. The summed E-state index contributed by atoms with van der Waals surface area (Å²) in [6.07, 6.45) is 1.26. The largest absolute Gasteiger partial charge is 0.442 e. The van der Waals surface area contributed by atoms with Gasteiger partial charge in [-0.25, -0.2) is 18.2 Å². The summed E-state index contributed by atoms with van der Waals surface area (Å²) in [7, 11) is 0. The van der Waals surface area contributed by atoms with E-state index < -0.39 is 28.9 Å². The van der Waals surface area contributed by atoms with Gasteiger partial charge in [-0.2, -0.15) is 0 Å². The fourth-order valence-electron chi connectivity index (χ4n) is 2.16. The van der Waals surface area contributed by atoms with E-state index in [4.69, 9.17) is 4.42 Å². The van der Waals surface area contributed by atoms with Crippen LogP contribution in [0, 0.1) is 27.9 Å². The zero-order valence-corrected chi connectivity index (χ0v) is 14.9. The minimum atomic E-state index is -1.30. The fourth-order valence-corrected chi connectivity index (χ4v) is 2.61. The van der Waals surface area contributed by atoms with Gasteiger partial charge in [0.1, 0.15) is 12.1 Å². The van der Waals surface area contributed by atoms with Gasteiger partial charge in [-0.15, -0.1) is 0 Å². The van der Waals surface area contributed by atoms with Crippen molar-refractivity contribution in [3.05, 3.63) is 74.8 Å². The van der Waals surface area contributed by atoms with Crippen LogP contribution in [0.3, 0.4) is 0 Å². The molecular formula is C17H10F3IN2O2. The molecule has 0 aliphatic carbocycles. The number of ketones is 1. The van der Waals surface area contributed by atoms with E-state index in [-0.39, 0.29) is 17.1 Å². The van der Waals surface area contributed by atoms with Crippen molar-refractivity contribution in [3.8, 4) is 0 Å². The number of oxazole rings is 1. The van der Waals surface area contributed by atoms with Gasteiger partial charge < -0.3 is 9.73 Å². The Morgan fingerprint density at radius 2 is 1.92 bits per heavy atom. The summed E-state index contributed by atoms with van der Waals surface area (Å²) in [5, 5.41) is 2.45. The number of hydrogen-bond acceptors (Lipinski definition) is 4. The van der Waals surface area contributed by atoms with E-state index in [2.05, 4.69) is 10.3 Å². The summed E-state index contributed by atoms with van der Waals surface area (Å²) in [4.78, 5) is 16.4. The van der Waals surface area contributed by atoms with Crippen molar-refractivity contribution in [3.63, 3.8) is 0 Å². The number of aryl methyl sites for hydroxylation is 1. The van der Waals surface area contributed by atoms with Crippen molar-refractivity contribution >= 4 is 39.7 Å². The predicted octanol–water partition coefficient (Wildman–Crippen LogP) is 4.98. The van der Waals surface area contributed by atoms with Crippen molar-refractivity contribution < 1.29 is 22.4 Å². The Kier molecular flexibility index (Phi) is 4.80. The Morgan fingerprint density at radius 3 is 2.56 bits per heavy atom. The summed E-state index contributed by atoms with van der Waals surface area (Å²) in [6, 6.07) is 6.08. The second kappa shape index (κ2) is 6.87. The van der Waals surface area contributed by atoms with Gasteiger partial charge in [0.05, 0.1) is 22.6 Å². The number of hydrogen-bond donors (Lipinski definition) is 1. The van der Waals surface area contributed by atoms with Crippen LogP contribution in [0.15, 0.2) is 41.0 Å². The van der Waals surface area contributed by atoms with Gasteiger partial charge in [0.25, 0.3) is 5.89 Å². The highest BCUT2D eigenvalue weighted by Gasteiger charge is 2.24. The summed E-state index contributed by atoms with van der Waals surface area (Å²) >= 11 is 1.92. The molecule has 2 aromatic carbocycles. The lowest BCUT2D eigenvalue weighted by Gasteiger charge is -2.13. The maximum Gasteiger partial charge on any atom is 0.268 e. The molecule has 0 bridgehead atoms. The molecule has 0 amide bonds. The highest BCUT2D eigenvalue weighted by atomic mass is 127. The Bertz CT molecular complexity index is 973. The summed E-state index contributed by atoms with van der Waals surface area (Å²) in [6.45, 7) is 1.62. The maximum absolute atomic E-state index is 14.3. The van der Waals surface area contributed by atoms with Crippen LogP contribution in [0.2, 0.25) is 0 Å². The molecular weight excluding hydrogens is 448 g/mol. The van der Waals surface area contributed by atoms with Gasteiger partial charge in [-0.3, -0.25) is 4.79 Å². The zero-order valence-electron chi connectivity index (χ0n) is 12.7. The standard InChI is InChI=1S/C17H10F3IN2O2/c1-8-7-25-17(22-8)16(24)10-3-4-11(18)14(20)15(10)23-13-5-2-9(21)6-12(13)19/h2-7,23H,1H3. The van der Waals surface area contributed by atoms with E-state index in [1.807, 2.05) is 22.6 Å². The van der Waals surface area contributed by atoms with Gasteiger partial charge >= 0.3 is 0 Å². The molecule has 0 saturated heterocycles. The van der Waals surface area contributed by atoms with Crippen LogP contribution in [0.4, 0.5) is 24.5 Å². The minimum absolute atomic E-state index is 0.0949. The number of nitrogens with zero attached hydrogens (tertiary/aromatic N) is 1. The lowest BCUT2D eigenvalue weighted by molar-refractivity contribution is 0.100. The minimum Gasteiger partial charge on any atom is -0.442 e. The Hall–Kier alpha value is -2.36. The summed E-state index contributed by atoms with van der Waals surface area (Å²) in [5.74, 6) is -4.16. The lowest BCUT2D eigenvalue weighted by atomic mass is 10.1. The highest BCUT2D eigenvalue weighted by Crippen LogP contribution is 2.29. The van der Waals surface area contributed by atoms with Gasteiger partial charge in [-0.1, -0.05) is 0 Å². The fraction of sp³-hybridized carbons (Fsp3) is 0.0588. The molecule has 0 fully saturated rings. The first kappa shape index (κ1) is 17.5. The average Bonchev–Trinajstić information content (AvgIpc) is 3.00. The topological polar surface area (TPSA) is 55.1 Å². The third-order valence-electron chi connectivity index (χ3n) is 3.34. The molecule has 8 heteroatoms. The van der Waals surface area contributed by atoms with Crippen LogP contribution in [-0.4, -0.2) is 10.8 Å². The van der Waals surface area contributed by atoms with Crippen LogP contribution in [0.1, 0.15) is 21.9 Å². The number of rotatable bonds is 4. The van der Waals surface area contributed by atoms with Crippen molar-refractivity contribution in [1.82, 2.24) is 4.98 Å². The van der Waals surface area contributed by atoms with Crippen LogP contribution in [0.5, 0.6) is 0 Å². The molecule has 1 aromatic heterocycles. The molecule has 1 N–H and O–H groups in total. The quantitative estimate of drug-likeness (QED) is 0.443. The first-order valence-corrected chi connectivity index (χ1v) is 8.11. The molecule has 3 aromatic rings. The molecule has 0 saturated carbocycles. The van der Waals surface area contributed by atoms with Gasteiger partial charge in [0, 0.05) is 3.57 Å². The first-order valence-electron chi connectivity index (χ1n) is 7.03. The van der Waals surface area contributed by atoms with Gasteiger partial charge in [0.15, 0.2) is 11.6 Å². The number of aromatic nitrogens is 1. The molecule has 4 nitrogen and oxygen atoms in total. The second-order valence-corrected chi connectivity index (χ2v) is 6.40. The average molecular weight is 458 g/mol. The van der Waals surface area contributed by atoms with Crippen molar-refractivity contribution in [2.45, 2.75) is 6.92 Å². The predicted molar refractivity (Wildman–Crippen MR) is 93.4 cm³/mol. The molecule has 0 aliphatic heterocycles. The van der Waals surface area contributed by atoms with E-state index in [0.717, 1.165) is 12.1 Å². The number of carbonyl (C=O) groups excluding carboxylic acids is 1. The molecule has 0 aliphatic rings. The van der Waals surface area contributed by atoms with Crippen LogP contribution in [0.25, 0.3) is 0 Å². The number of anilines is 2. The molecule has 25 heavy (non-hydrogen) atoms. The lowest BCUT2D eigenvalue weighted by Crippen LogP contribution is -2.09. The molecule has 0 radical (unpaired) electrons. The molecule has 128 valence electrons. The van der Waals surface area contributed by atoms with E-state index in [1.54, 1.807) is 13.0 Å². The van der Waals surface area contributed by atoms with Crippen molar-refractivity contribution in [2.24, 2.45) is 0 Å². The summed E-state index contributed by atoms with van der Waals surface area (Å²) in [5.41, 5.74) is -0.341. The van der Waals surface area contributed by atoms with Crippen LogP contribution >= 0.6 is 22.6 Å². The summed E-state index contributed by atoms with van der Waals surface area (Å²) < 4.78 is 47.6. The second-order valence-electron chi connectivity index (χ2n) is 5.16.